The zero-order chi connectivity index (χ0) is 14.4. The summed E-state index contributed by atoms with van der Waals surface area (Å²) in [4.78, 5) is 4.04. The van der Waals surface area contributed by atoms with E-state index in [1.165, 1.54) is 16.7 Å². The molecule has 0 fully saturated rings. The molecule has 0 aliphatic heterocycles. The lowest BCUT2D eigenvalue weighted by Crippen LogP contribution is -2.03. The highest BCUT2D eigenvalue weighted by Crippen LogP contribution is 2.27. The molecule has 1 aromatic heterocycles. The number of anilines is 1. The van der Waals surface area contributed by atoms with E-state index in [9.17, 15) is 13.2 Å². The summed E-state index contributed by atoms with van der Waals surface area (Å²) in [5.41, 5.74) is 6.33. The summed E-state index contributed by atoms with van der Waals surface area (Å²) < 4.78 is 42.4. The van der Waals surface area contributed by atoms with Crippen LogP contribution < -0.4 is 5.73 Å². The van der Waals surface area contributed by atoms with Crippen LogP contribution in [0.25, 0.3) is 16.7 Å². The first-order valence-electron chi connectivity index (χ1n) is 5.56. The smallest absolute Gasteiger partial charge is 0.206 e. The highest BCUT2D eigenvalue weighted by Gasteiger charge is 2.16. The third kappa shape index (κ3) is 2.01. The Balaban J connectivity index is 2.38. The summed E-state index contributed by atoms with van der Waals surface area (Å²) >= 11 is 1.82. The molecule has 3 nitrogen and oxygen atoms in total. The third-order valence-corrected chi connectivity index (χ3v) is 3.70. The van der Waals surface area contributed by atoms with Crippen LogP contribution in [0.4, 0.5) is 19.1 Å². The van der Waals surface area contributed by atoms with Crippen molar-refractivity contribution in [1.29, 1.82) is 0 Å². The highest BCUT2D eigenvalue weighted by atomic mass is 127. The van der Waals surface area contributed by atoms with E-state index in [4.69, 9.17) is 5.73 Å². The Hall–Kier alpha value is -1.77. The molecule has 3 aromatic rings. The van der Waals surface area contributed by atoms with E-state index < -0.39 is 17.5 Å². The molecule has 7 heteroatoms. The molecule has 2 N–H and O–H groups in total. The van der Waals surface area contributed by atoms with Crippen molar-refractivity contribution in [3.8, 4) is 5.69 Å². The molecule has 0 unspecified atom stereocenters. The van der Waals surface area contributed by atoms with Crippen LogP contribution in [0, 0.1) is 21.0 Å². The number of hydrogen-bond acceptors (Lipinski definition) is 2. The van der Waals surface area contributed by atoms with E-state index in [1.54, 1.807) is 0 Å². The molecular weight excluding hydrogens is 382 g/mol. The van der Waals surface area contributed by atoms with Crippen molar-refractivity contribution in [3.05, 3.63) is 51.4 Å². The van der Waals surface area contributed by atoms with Gasteiger partial charge in [-0.25, -0.2) is 18.2 Å². The van der Waals surface area contributed by atoms with Gasteiger partial charge in [-0.2, -0.15) is 0 Å². The van der Waals surface area contributed by atoms with E-state index in [2.05, 4.69) is 4.98 Å². The number of nitrogens with two attached hydrogens (primary N) is 1. The molecule has 0 aliphatic rings. The molecule has 1 heterocycles. The number of benzene rings is 2. The van der Waals surface area contributed by atoms with Gasteiger partial charge in [-0.3, -0.25) is 4.57 Å². The summed E-state index contributed by atoms with van der Waals surface area (Å²) in [6.07, 6.45) is 0. The maximum Gasteiger partial charge on any atom is 0.206 e. The van der Waals surface area contributed by atoms with Crippen LogP contribution in [0.3, 0.4) is 0 Å². The van der Waals surface area contributed by atoms with E-state index in [0.29, 0.717) is 9.09 Å². The Kier molecular flexibility index (Phi) is 3.08. The van der Waals surface area contributed by atoms with Gasteiger partial charge in [-0.05, 0) is 40.8 Å². The van der Waals surface area contributed by atoms with Crippen LogP contribution in [-0.4, -0.2) is 9.55 Å². The first kappa shape index (κ1) is 13.2. The Morgan fingerprint density at radius 3 is 2.55 bits per heavy atom. The lowest BCUT2D eigenvalue weighted by atomic mass is 10.2. The van der Waals surface area contributed by atoms with E-state index in [1.807, 2.05) is 22.6 Å². The topological polar surface area (TPSA) is 43.8 Å². The van der Waals surface area contributed by atoms with Gasteiger partial charge in [0, 0.05) is 12.1 Å². The van der Waals surface area contributed by atoms with E-state index >= 15 is 0 Å². The highest BCUT2D eigenvalue weighted by molar-refractivity contribution is 14.1. The second-order valence-corrected chi connectivity index (χ2v) is 5.32. The Bertz CT molecular complexity index is 829. The second kappa shape index (κ2) is 4.65. The predicted molar refractivity (Wildman–Crippen MR) is 78.1 cm³/mol. The lowest BCUT2D eigenvalue weighted by molar-refractivity contribution is 0.593. The number of nitrogen functional groups attached to an aromatic ring is 1. The fourth-order valence-corrected chi connectivity index (χ4v) is 2.45. The Labute approximate surface area is 125 Å². The fourth-order valence-electron chi connectivity index (χ4n) is 2.00. The van der Waals surface area contributed by atoms with E-state index in [0.717, 1.165) is 18.2 Å². The second-order valence-electron chi connectivity index (χ2n) is 4.16. The minimum absolute atomic E-state index is 0.0362. The molecule has 0 bridgehead atoms. The number of halogens is 4. The first-order valence-corrected chi connectivity index (χ1v) is 6.63. The van der Waals surface area contributed by atoms with Crippen molar-refractivity contribution in [2.24, 2.45) is 0 Å². The van der Waals surface area contributed by atoms with Crippen molar-refractivity contribution in [2.75, 3.05) is 5.73 Å². The monoisotopic (exact) mass is 389 g/mol. The molecule has 0 atom stereocenters. The van der Waals surface area contributed by atoms with Gasteiger partial charge >= 0.3 is 0 Å². The molecule has 0 saturated heterocycles. The predicted octanol–water partition coefficient (Wildman–Crippen LogP) is 3.63. The van der Waals surface area contributed by atoms with Gasteiger partial charge in [-0.15, -0.1) is 0 Å². The molecule has 0 aliphatic carbocycles. The van der Waals surface area contributed by atoms with Crippen LogP contribution in [0.2, 0.25) is 0 Å². The minimum atomic E-state index is -0.670. The maximum atomic E-state index is 13.9. The van der Waals surface area contributed by atoms with Crippen molar-refractivity contribution in [2.45, 2.75) is 0 Å². The lowest BCUT2D eigenvalue weighted by Gasteiger charge is -2.08. The number of imidazole rings is 1. The zero-order valence-corrected chi connectivity index (χ0v) is 12.0. The number of nitrogens with zero attached hydrogens (tertiary/aromatic N) is 2. The molecule has 0 saturated carbocycles. The van der Waals surface area contributed by atoms with Crippen LogP contribution in [0.1, 0.15) is 0 Å². The summed E-state index contributed by atoms with van der Waals surface area (Å²) in [6, 6.07) is 5.67. The normalized spacial score (nSPS) is 11.2. The van der Waals surface area contributed by atoms with Crippen LogP contribution in [0.15, 0.2) is 30.3 Å². The number of aromatic nitrogens is 2. The van der Waals surface area contributed by atoms with Crippen molar-refractivity contribution in [3.63, 3.8) is 0 Å². The molecule has 3 rings (SSSR count). The van der Waals surface area contributed by atoms with Gasteiger partial charge in [-0.1, -0.05) is 0 Å². The Morgan fingerprint density at radius 1 is 1.05 bits per heavy atom. The number of hydrogen-bond donors (Lipinski definition) is 1. The summed E-state index contributed by atoms with van der Waals surface area (Å²) in [6.45, 7) is 0. The SMILES string of the molecule is Nc1nc2cc(I)c(F)cc2n1-c1cc(F)ccc1F. The quantitative estimate of drug-likeness (QED) is 0.647. The molecule has 102 valence electrons. The van der Waals surface area contributed by atoms with Crippen LogP contribution in [-0.2, 0) is 0 Å². The minimum Gasteiger partial charge on any atom is -0.369 e. The molecule has 0 radical (unpaired) electrons. The summed E-state index contributed by atoms with van der Waals surface area (Å²) in [7, 11) is 0. The van der Waals surface area contributed by atoms with Gasteiger partial charge in [0.25, 0.3) is 0 Å². The average Bonchev–Trinajstić information content (AvgIpc) is 2.69. The third-order valence-electron chi connectivity index (χ3n) is 2.87. The molecule has 0 amide bonds. The van der Waals surface area contributed by atoms with Gasteiger partial charge in [0.1, 0.15) is 17.5 Å². The van der Waals surface area contributed by atoms with Gasteiger partial charge in [0.15, 0.2) is 0 Å². The van der Waals surface area contributed by atoms with Crippen molar-refractivity contribution >= 4 is 39.6 Å². The Morgan fingerprint density at radius 2 is 1.80 bits per heavy atom. The summed E-state index contributed by atoms with van der Waals surface area (Å²) in [5.74, 6) is -1.80. The van der Waals surface area contributed by atoms with E-state index in [-0.39, 0.29) is 17.2 Å². The fraction of sp³-hybridized carbons (Fsp3) is 0. The zero-order valence-electron chi connectivity index (χ0n) is 9.87. The first-order chi connectivity index (χ1) is 9.47. The average molecular weight is 389 g/mol. The number of fused-ring (bicyclic) bond motifs is 1. The van der Waals surface area contributed by atoms with Gasteiger partial charge in [0.2, 0.25) is 5.95 Å². The van der Waals surface area contributed by atoms with Gasteiger partial charge in [0.05, 0.1) is 20.3 Å². The molecular formula is C13H7F3IN3. The number of rotatable bonds is 1. The maximum absolute atomic E-state index is 13.9. The molecule has 2 aromatic carbocycles. The van der Waals surface area contributed by atoms with Gasteiger partial charge < -0.3 is 5.73 Å². The van der Waals surface area contributed by atoms with Crippen LogP contribution >= 0.6 is 22.6 Å². The summed E-state index contributed by atoms with van der Waals surface area (Å²) in [5, 5.41) is 0. The molecule has 20 heavy (non-hydrogen) atoms. The van der Waals surface area contributed by atoms with Crippen LogP contribution in [0.5, 0.6) is 0 Å². The standard InChI is InChI=1S/C13H7F3IN3/c14-6-1-2-7(15)11(3-6)20-12-4-8(16)9(17)5-10(12)19-13(20)18/h1-5H,(H2,18,19). The molecule has 0 spiro atoms. The van der Waals surface area contributed by atoms with Crippen molar-refractivity contribution < 1.29 is 13.2 Å². The largest absolute Gasteiger partial charge is 0.369 e. The van der Waals surface area contributed by atoms with Crippen molar-refractivity contribution in [1.82, 2.24) is 9.55 Å².